The van der Waals surface area contributed by atoms with Gasteiger partial charge in [-0.15, -0.1) is 0 Å². The van der Waals surface area contributed by atoms with E-state index in [2.05, 4.69) is 14.7 Å². The minimum atomic E-state index is -4.13. The van der Waals surface area contributed by atoms with E-state index in [9.17, 15) is 12.8 Å². The third-order valence-corrected chi connectivity index (χ3v) is 3.62. The average molecular weight is 288 g/mol. The van der Waals surface area contributed by atoms with Crippen molar-refractivity contribution in [1.29, 1.82) is 0 Å². The van der Waals surface area contributed by atoms with Crippen molar-refractivity contribution < 1.29 is 12.8 Å². The van der Waals surface area contributed by atoms with Crippen LogP contribution >= 0.6 is 11.6 Å². The number of aromatic nitrogens is 2. The molecule has 0 unspecified atom stereocenters. The highest BCUT2D eigenvalue weighted by molar-refractivity contribution is 7.92. The molecule has 0 fully saturated rings. The van der Waals surface area contributed by atoms with Gasteiger partial charge < -0.3 is 0 Å². The molecule has 0 amide bonds. The molecule has 0 aliphatic heterocycles. The SMILES string of the molecule is O=S(=O)(Nc1cnccc1Cl)c1ncccc1F. The molecule has 0 saturated carbocycles. The number of halogens is 2. The van der Waals surface area contributed by atoms with Crippen molar-refractivity contribution in [2.45, 2.75) is 5.03 Å². The maximum absolute atomic E-state index is 13.4. The zero-order valence-electron chi connectivity index (χ0n) is 8.84. The van der Waals surface area contributed by atoms with E-state index in [0.29, 0.717) is 0 Å². The molecule has 2 aromatic heterocycles. The number of sulfonamides is 1. The summed E-state index contributed by atoms with van der Waals surface area (Å²) in [5.41, 5.74) is 0.0595. The first-order valence-electron chi connectivity index (χ1n) is 4.73. The first-order valence-corrected chi connectivity index (χ1v) is 6.59. The Hall–Kier alpha value is -1.73. The lowest BCUT2D eigenvalue weighted by atomic mass is 10.4. The van der Waals surface area contributed by atoms with Gasteiger partial charge in [-0.25, -0.2) is 9.37 Å². The molecule has 0 radical (unpaired) electrons. The largest absolute Gasteiger partial charge is 0.282 e. The summed E-state index contributed by atoms with van der Waals surface area (Å²) in [5, 5.41) is -0.533. The lowest BCUT2D eigenvalue weighted by Gasteiger charge is -2.08. The van der Waals surface area contributed by atoms with Crippen LogP contribution < -0.4 is 4.72 Å². The van der Waals surface area contributed by atoms with Gasteiger partial charge in [-0.1, -0.05) is 11.6 Å². The molecular formula is C10H7ClFN3O2S. The molecule has 5 nitrogen and oxygen atoms in total. The molecule has 0 saturated heterocycles. The van der Waals surface area contributed by atoms with Crippen molar-refractivity contribution in [2.24, 2.45) is 0 Å². The Kier molecular flexibility index (Phi) is 3.44. The van der Waals surface area contributed by atoms with Crippen LogP contribution in [0.15, 0.2) is 41.8 Å². The molecule has 2 rings (SSSR count). The average Bonchev–Trinajstić information content (AvgIpc) is 2.32. The molecule has 2 aromatic rings. The van der Waals surface area contributed by atoms with E-state index in [-0.39, 0.29) is 10.7 Å². The van der Waals surface area contributed by atoms with Crippen LogP contribution in [0.25, 0.3) is 0 Å². The fraction of sp³-hybridized carbons (Fsp3) is 0. The van der Waals surface area contributed by atoms with E-state index in [1.54, 1.807) is 0 Å². The fourth-order valence-corrected chi connectivity index (χ4v) is 2.50. The van der Waals surface area contributed by atoms with E-state index >= 15 is 0 Å². The van der Waals surface area contributed by atoms with Gasteiger partial charge in [-0.2, -0.15) is 8.42 Å². The summed E-state index contributed by atoms with van der Waals surface area (Å²) in [6.45, 7) is 0. The second-order valence-electron chi connectivity index (χ2n) is 3.25. The number of rotatable bonds is 3. The van der Waals surface area contributed by atoms with Crippen LogP contribution in [-0.4, -0.2) is 18.4 Å². The van der Waals surface area contributed by atoms with Crippen LogP contribution in [0.4, 0.5) is 10.1 Å². The van der Waals surface area contributed by atoms with Crippen LogP contribution in [0.2, 0.25) is 5.02 Å². The number of hydrogen-bond acceptors (Lipinski definition) is 4. The van der Waals surface area contributed by atoms with E-state index in [1.165, 1.54) is 30.7 Å². The third-order valence-electron chi connectivity index (χ3n) is 1.99. The van der Waals surface area contributed by atoms with Crippen molar-refractivity contribution in [3.05, 3.63) is 47.6 Å². The quantitative estimate of drug-likeness (QED) is 0.938. The Bertz CT molecular complexity index is 678. The Morgan fingerprint density at radius 2 is 2.06 bits per heavy atom. The summed E-state index contributed by atoms with van der Waals surface area (Å²) in [6, 6.07) is 3.71. The van der Waals surface area contributed by atoms with E-state index in [1.807, 2.05) is 0 Å². The molecule has 0 atom stereocenters. The second-order valence-corrected chi connectivity index (χ2v) is 5.26. The molecule has 0 aromatic carbocycles. The lowest BCUT2D eigenvalue weighted by molar-refractivity contribution is 0.557. The molecule has 2 heterocycles. The van der Waals surface area contributed by atoms with Gasteiger partial charge in [-0.3, -0.25) is 9.71 Å². The molecule has 8 heteroatoms. The standard InChI is InChI=1S/C10H7ClFN3O2S/c11-7-3-5-13-6-9(7)15-18(16,17)10-8(12)2-1-4-14-10/h1-6,15H. The number of nitrogens with one attached hydrogen (secondary N) is 1. The van der Waals surface area contributed by atoms with Crippen LogP contribution in [0.5, 0.6) is 0 Å². The fourth-order valence-electron chi connectivity index (χ4n) is 1.21. The van der Waals surface area contributed by atoms with Gasteiger partial charge in [0.1, 0.15) is 0 Å². The summed E-state index contributed by atoms with van der Waals surface area (Å²) in [6.07, 6.45) is 3.81. The summed E-state index contributed by atoms with van der Waals surface area (Å²) in [4.78, 5) is 7.21. The molecule has 0 aliphatic rings. The number of hydrogen-bond donors (Lipinski definition) is 1. The summed E-state index contributed by atoms with van der Waals surface area (Å²) >= 11 is 5.78. The van der Waals surface area contributed by atoms with Crippen molar-refractivity contribution >= 4 is 27.3 Å². The summed E-state index contributed by atoms with van der Waals surface area (Å²) in [7, 11) is -4.13. The van der Waals surface area contributed by atoms with E-state index in [4.69, 9.17) is 11.6 Å². The Morgan fingerprint density at radius 1 is 1.28 bits per heavy atom. The molecular weight excluding hydrogens is 281 g/mol. The lowest BCUT2D eigenvalue weighted by Crippen LogP contribution is -2.16. The highest BCUT2D eigenvalue weighted by Gasteiger charge is 2.21. The topological polar surface area (TPSA) is 72.0 Å². The molecule has 0 spiro atoms. The van der Waals surface area contributed by atoms with Crippen LogP contribution in [-0.2, 0) is 10.0 Å². The molecule has 18 heavy (non-hydrogen) atoms. The van der Waals surface area contributed by atoms with Gasteiger partial charge in [0.25, 0.3) is 10.0 Å². The van der Waals surface area contributed by atoms with Gasteiger partial charge in [0, 0.05) is 12.4 Å². The zero-order valence-corrected chi connectivity index (χ0v) is 10.4. The number of pyridine rings is 2. The van der Waals surface area contributed by atoms with Gasteiger partial charge in [0.15, 0.2) is 5.82 Å². The van der Waals surface area contributed by atoms with Crippen molar-refractivity contribution in [3.63, 3.8) is 0 Å². The normalized spacial score (nSPS) is 11.2. The number of anilines is 1. The third kappa shape index (κ3) is 2.57. The Balaban J connectivity index is 2.40. The monoisotopic (exact) mass is 287 g/mol. The molecule has 0 aliphatic carbocycles. The molecule has 94 valence electrons. The van der Waals surface area contributed by atoms with Gasteiger partial charge in [0.05, 0.1) is 16.9 Å². The van der Waals surface area contributed by atoms with Crippen LogP contribution in [0.3, 0.4) is 0 Å². The predicted molar refractivity (Wildman–Crippen MR) is 64.3 cm³/mol. The number of nitrogens with zero attached hydrogens (tertiary/aromatic N) is 2. The first-order chi connectivity index (χ1) is 8.50. The van der Waals surface area contributed by atoms with Gasteiger partial charge >= 0.3 is 0 Å². The summed E-state index contributed by atoms with van der Waals surface area (Å²) in [5.74, 6) is -0.940. The van der Waals surface area contributed by atoms with Crippen molar-refractivity contribution in [1.82, 2.24) is 9.97 Å². The first kappa shape index (κ1) is 12.7. The van der Waals surface area contributed by atoms with Crippen LogP contribution in [0.1, 0.15) is 0 Å². The molecule has 0 bridgehead atoms. The predicted octanol–water partition coefficient (Wildman–Crippen LogP) is 2.07. The van der Waals surface area contributed by atoms with Crippen molar-refractivity contribution in [3.8, 4) is 0 Å². The maximum atomic E-state index is 13.4. The molecule has 1 N–H and O–H groups in total. The van der Waals surface area contributed by atoms with Crippen LogP contribution in [0, 0.1) is 5.82 Å². The van der Waals surface area contributed by atoms with Crippen molar-refractivity contribution in [2.75, 3.05) is 4.72 Å². The van der Waals surface area contributed by atoms with E-state index < -0.39 is 20.9 Å². The minimum absolute atomic E-state index is 0.0595. The van der Waals surface area contributed by atoms with Gasteiger partial charge in [-0.05, 0) is 18.2 Å². The second kappa shape index (κ2) is 4.87. The van der Waals surface area contributed by atoms with E-state index in [0.717, 1.165) is 6.07 Å². The highest BCUT2D eigenvalue weighted by atomic mass is 35.5. The maximum Gasteiger partial charge on any atom is 0.282 e. The minimum Gasteiger partial charge on any atom is -0.275 e. The Morgan fingerprint density at radius 3 is 2.72 bits per heavy atom. The Labute approximate surface area is 108 Å². The smallest absolute Gasteiger partial charge is 0.275 e. The zero-order chi connectivity index (χ0) is 13.2. The summed E-state index contributed by atoms with van der Waals surface area (Å²) < 4.78 is 39.2. The highest BCUT2D eigenvalue weighted by Crippen LogP contribution is 2.22. The van der Waals surface area contributed by atoms with Gasteiger partial charge in [0.2, 0.25) is 5.03 Å².